The molecule has 2 N–H and O–H groups in total. The number of aliphatic hydroxyl groups excluding tert-OH is 1. The highest BCUT2D eigenvalue weighted by Gasteiger charge is 2.28. The molecule has 2 atom stereocenters. The molecule has 9 heteroatoms. The first-order valence-electron chi connectivity index (χ1n) is 8.42. The van der Waals surface area contributed by atoms with Gasteiger partial charge in [-0.25, -0.2) is 9.59 Å². The van der Waals surface area contributed by atoms with Gasteiger partial charge >= 0.3 is 12.1 Å². The summed E-state index contributed by atoms with van der Waals surface area (Å²) in [5.74, 6) is -0.856. The van der Waals surface area contributed by atoms with E-state index < -0.39 is 29.1 Å². The third kappa shape index (κ3) is 6.36. The first kappa shape index (κ1) is 20.8. The Hall–Kier alpha value is -3.46. The van der Waals surface area contributed by atoms with Crippen molar-refractivity contribution in [2.75, 3.05) is 0 Å². The Morgan fingerprint density at radius 2 is 1.61 bits per heavy atom. The van der Waals surface area contributed by atoms with Crippen molar-refractivity contribution >= 4 is 17.7 Å². The van der Waals surface area contributed by atoms with Crippen LogP contribution in [-0.2, 0) is 27.5 Å². The molecule has 2 rings (SSSR count). The third-order valence-electron chi connectivity index (χ3n) is 3.75. The van der Waals surface area contributed by atoms with Gasteiger partial charge in [-0.2, -0.15) is 0 Å². The summed E-state index contributed by atoms with van der Waals surface area (Å²) in [7, 11) is 0. The molecule has 0 aromatic heterocycles. The van der Waals surface area contributed by atoms with Crippen LogP contribution < -0.4 is 5.32 Å². The zero-order valence-corrected chi connectivity index (χ0v) is 15.1. The zero-order valence-electron chi connectivity index (χ0n) is 15.1. The normalized spacial score (nSPS) is 12.5. The summed E-state index contributed by atoms with van der Waals surface area (Å²) < 4.78 is 10.1. The van der Waals surface area contributed by atoms with Crippen molar-refractivity contribution in [3.05, 3.63) is 75.8 Å². The van der Waals surface area contributed by atoms with E-state index in [1.807, 2.05) is 6.07 Å². The molecule has 9 nitrogen and oxygen atoms in total. The molecule has 2 aromatic carbocycles. The highest BCUT2D eigenvalue weighted by atomic mass is 16.6. The van der Waals surface area contributed by atoms with E-state index in [0.717, 1.165) is 5.56 Å². The van der Waals surface area contributed by atoms with Crippen LogP contribution in [0.15, 0.2) is 54.6 Å². The monoisotopic (exact) mass is 388 g/mol. The van der Waals surface area contributed by atoms with Gasteiger partial charge in [-0.1, -0.05) is 30.3 Å². The second kappa shape index (κ2) is 10.0. The SMILES string of the molecule is CC(O)C(NC(=O)OCc1ccccc1)C(=O)OCc1ccc([N+](=O)[O-])cc1. The number of amides is 1. The number of nitro groups is 1. The Kier molecular flexibility index (Phi) is 7.46. The molecular formula is C19H20N2O7. The highest BCUT2D eigenvalue weighted by molar-refractivity contribution is 5.81. The van der Waals surface area contributed by atoms with Gasteiger partial charge in [-0.05, 0) is 30.2 Å². The Morgan fingerprint density at radius 1 is 1.04 bits per heavy atom. The second-order valence-electron chi connectivity index (χ2n) is 5.96. The largest absolute Gasteiger partial charge is 0.459 e. The Balaban J connectivity index is 1.86. The van der Waals surface area contributed by atoms with Crippen molar-refractivity contribution in [1.82, 2.24) is 5.32 Å². The molecule has 0 fully saturated rings. The number of nitrogens with zero attached hydrogens (tertiary/aromatic N) is 1. The number of non-ortho nitro benzene ring substituents is 1. The molecular weight excluding hydrogens is 368 g/mol. The third-order valence-corrected chi connectivity index (χ3v) is 3.75. The summed E-state index contributed by atoms with van der Waals surface area (Å²) in [6.07, 6.45) is -2.09. The molecule has 0 bridgehead atoms. The van der Waals surface area contributed by atoms with Gasteiger partial charge in [0.25, 0.3) is 5.69 Å². The van der Waals surface area contributed by atoms with Crippen LogP contribution in [-0.4, -0.2) is 34.2 Å². The van der Waals surface area contributed by atoms with Crippen molar-refractivity contribution in [2.24, 2.45) is 0 Å². The van der Waals surface area contributed by atoms with E-state index in [4.69, 9.17) is 9.47 Å². The Labute approximate surface area is 161 Å². The lowest BCUT2D eigenvalue weighted by molar-refractivity contribution is -0.384. The van der Waals surface area contributed by atoms with E-state index in [1.165, 1.54) is 31.2 Å². The lowest BCUT2D eigenvalue weighted by Crippen LogP contribution is -2.48. The maximum atomic E-state index is 12.2. The number of benzene rings is 2. The molecule has 0 saturated carbocycles. The fraction of sp³-hybridized carbons (Fsp3) is 0.263. The average Bonchev–Trinajstić information content (AvgIpc) is 2.69. The lowest BCUT2D eigenvalue weighted by Gasteiger charge is -2.19. The number of hydrogen-bond acceptors (Lipinski definition) is 7. The number of nitrogens with one attached hydrogen (secondary N) is 1. The van der Waals surface area contributed by atoms with Crippen molar-refractivity contribution in [2.45, 2.75) is 32.3 Å². The summed E-state index contributed by atoms with van der Waals surface area (Å²) in [6, 6.07) is 13.1. The van der Waals surface area contributed by atoms with E-state index in [2.05, 4.69) is 5.32 Å². The molecule has 0 heterocycles. The molecule has 148 valence electrons. The van der Waals surface area contributed by atoms with Crippen LogP contribution in [0.4, 0.5) is 10.5 Å². The smallest absolute Gasteiger partial charge is 0.408 e. The van der Waals surface area contributed by atoms with E-state index in [0.29, 0.717) is 5.56 Å². The number of carbonyl (C=O) groups excluding carboxylic acids is 2. The fourth-order valence-corrected chi connectivity index (χ4v) is 2.23. The van der Waals surface area contributed by atoms with Crippen LogP contribution in [0.2, 0.25) is 0 Å². The number of ether oxygens (including phenoxy) is 2. The van der Waals surface area contributed by atoms with E-state index in [9.17, 15) is 24.8 Å². The Morgan fingerprint density at radius 3 is 2.18 bits per heavy atom. The number of aliphatic hydroxyl groups is 1. The first-order chi connectivity index (χ1) is 13.4. The number of alkyl carbamates (subject to hydrolysis) is 1. The van der Waals surface area contributed by atoms with Crippen LogP contribution in [0.5, 0.6) is 0 Å². The predicted molar refractivity (Wildman–Crippen MR) is 98.1 cm³/mol. The quantitative estimate of drug-likeness (QED) is 0.403. The maximum Gasteiger partial charge on any atom is 0.408 e. The van der Waals surface area contributed by atoms with Gasteiger partial charge in [-0.3, -0.25) is 10.1 Å². The summed E-state index contributed by atoms with van der Waals surface area (Å²) >= 11 is 0. The molecule has 0 radical (unpaired) electrons. The number of nitro benzene ring substituents is 1. The maximum absolute atomic E-state index is 12.2. The predicted octanol–water partition coefficient (Wildman–Crippen LogP) is 2.31. The van der Waals surface area contributed by atoms with E-state index >= 15 is 0 Å². The fourth-order valence-electron chi connectivity index (χ4n) is 2.23. The second-order valence-corrected chi connectivity index (χ2v) is 5.96. The first-order valence-corrected chi connectivity index (χ1v) is 8.42. The van der Waals surface area contributed by atoms with Gasteiger partial charge in [0.2, 0.25) is 0 Å². The molecule has 28 heavy (non-hydrogen) atoms. The summed E-state index contributed by atoms with van der Waals surface area (Å²) in [5, 5.41) is 22.7. The molecule has 1 amide bonds. The van der Waals surface area contributed by atoms with Crippen molar-refractivity contribution in [3.63, 3.8) is 0 Å². The van der Waals surface area contributed by atoms with Crippen molar-refractivity contribution < 1.29 is 29.1 Å². The van der Waals surface area contributed by atoms with E-state index in [1.54, 1.807) is 24.3 Å². The number of esters is 1. The minimum atomic E-state index is -1.32. The van der Waals surface area contributed by atoms with Gasteiger partial charge < -0.3 is 19.9 Å². The highest BCUT2D eigenvalue weighted by Crippen LogP contribution is 2.13. The van der Waals surface area contributed by atoms with Crippen LogP contribution in [0, 0.1) is 10.1 Å². The molecule has 0 aliphatic rings. The number of rotatable bonds is 8. The Bertz CT molecular complexity index is 807. The zero-order chi connectivity index (χ0) is 20.5. The number of carbonyl (C=O) groups is 2. The molecule has 0 spiro atoms. The summed E-state index contributed by atoms with van der Waals surface area (Å²) in [5.41, 5.74) is 1.21. The van der Waals surface area contributed by atoms with Gasteiger partial charge in [0.15, 0.2) is 6.04 Å². The number of hydrogen-bond donors (Lipinski definition) is 2. The average molecular weight is 388 g/mol. The summed E-state index contributed by atoms with van der Waals surface area (Å²) in [4.78, 5) is 34.2. The lowest BCUT2D eigenvalue weighted by atomic mass is 10.2. The molecule has 0 saturated heterocycles. The minimum absolute atomic E-state index is 0.0110. The van der Waals surface area contributed by atoms with Gasteiger partial charge in [0.05, 0.1) is 11.0 Å². The van der Waals surface area contributed by atoms with Gasteiger partial charge in [0.1, 0.15) is 13.2 Å². The van der Waals surface area contributed by atoms with Crippen LogP contribution in [0.1, 0.15) is 18.1 Å². The van der Waals surface area contributed by atoms with Crippen molar-refractivity contribution in [1.29, 1.82) is 0 Å². The molecule has 0 aliphatic heterocycles. The summed E-state index contributed by atoms with van der Waals surface area (Å²) in [6.45, 7) is 1.17. The van der Waals surface area contributed by atoms with Crippen LogP contribution in [0.3, 0.4) is 0 Å². The minimum Gasteiger partial charge on any atom is -0.459 e. The molecule has 0 aliphatic carbocycles. The molecule has 2 unspecified atom stereocenters. The topological polar surface area (TPSA) is 128 Å². The van der Waals surface area contributed by atoms with Gasteiger partial charge in [-0.15, -0.1) is 0 Å². The van der Waals surface area contributed by atoms with Crippen LogP contribution >= 0.6 is 0 Å². The van der Waals surface area contributed by atoms with E-state index in [-0.39, 0.29) is 18.9 Å². The van der Waals surface area contributed by atoms with Gasteiger partial charge in [0, 0.05) is 12.1 Å². The standard InChI is InChI=1S/C19H20N2O7/c1-13(22)17(20-19(24)28-12-14-5-3-2-4-6-14)18(23)27-11-15-7-9-16(10-8-15)21(25)26/h2-10,13,17,22H,11-12H2,1H3,(H,20,24). The van der Waals surface area contributed by atoms with Crippen LogP contribution in [0.25, 0.3) is 0 Å². The van der Waals surface area contributed by atoms with Crippen molar-refractivity contribution in [3.8, 4) is 0 Å². The molecule has 2 aromatic rings.